The van der Waals surface area contributed by atoms with Crippen LogP contribution in [-0.2, 0) is 5.41 Å². The van der Waals surface area contributed by atoms with Gasteiger partial charge in [0.15, 0.2) is 0 Å². The number of fused-ring (bicyclic) bond motifs is 1. The van der Waals surface area contributed by atoms with Crippen molar-refractivity contribution in [3.63, 3.8) is 0 Å². The number of carbonyl (C=O) groups is 1. The van der Waals surface area contributed by atoms with Crippen molar-refractivity contribution >= 4 is 16.9 Å². The lowest BCUT2D eigenvalue weighted by Gasteiger charge is -2.19. The predicted molar refractivity (Wildman–Crippen MR) is 119 cm³/mol. The van der Waals surface area contributed by atoms with Crippen LogP contribution in [0.2, 0.25) is 0 Å². The van der Waals surface area contributed by atoms with Crippen molar-refractivity contribution < 1.29 is 23.1 Å². The molecule has 0 saturated heterocycles. The highest BCUT2D eigenvalue weighted by Gasteiger charge is 2.15. The van der Waals surface area contributed by atoms with Gasteiger partial charge in [0, 0.05) is 6.07 Å². The second-order valence-corrected chi connectivity index (χ2v) is 8.36. The summed E-state index contributed by atoms with van der Waals surface area (Å²) in [4.78, 5) is 25.0. The molecule has 5 nitrogen and oxygen atoms in total. The fraction of sp³-hybridized carbons (Fsp3) is 0.154. The van der Waals surface area contributed by atoms with E-state index in [0.29, 0.717) is 5.75 Å². The van der Waals surface area contributed by atoms with Gasteiger partial charge in [0.1, 0.15) is 29.2 Å². The Hall–Kier alpha value is -3.93. The molecule has 162 valence electrons. The van der Waals surface area contributed by atoms with Gasteiger partial charge in [0.25, 0.3) is 0 Å². The Morgan fingerprint density at radius 2 is 1.56 bits per heavy atom. The Kier molecular flexibility index (Phi) is 5.53. The van der Waals surface area contributed by atoms with E-state index in [1.54, 1.807) is 0 Å². The van der Waals surface area contributed by atoms with E-state index in [-0.39, 0.29) is 38.9 Å². The van der Waals surface area contributed by atoms with Crippen molar-refractivity contribution in [2.45, 2.75) is 26.2 Å². The molecule has 4 rings (SSSR count). The standard InChI is InChI=1S/C26H21FO5/c1-26(2,3)17-6-10-19(11-7-17)31-23-15-30-22-14-20(12-13-21(22)24(23)28)32-25(29)16-4-8-18(27)9-5-16/h4-15H,1-3H3. The third kappa shape index (κ3) is 4.54. The zero-order chi connectivity index (χ0) is 22.9. The molecular formula is C26H21FO5. The van der Waals surface area contributed by atoms with Gasteiger partial charge in [0.05, 0.1) is 10.9 Å². The molecule has 0 aliphatic carbocycles. The summed E-state index contributed by atoms with van der Waals surface area (Å²) in [6.45, 7) is 6.35. The van der Waals surface area contributed by atoms with Gasteiger partial charge in [-0.1, -0.05) is 32.9 Å². The summed E-state index contributed by atoms with van der Waals surface area (Å²) in [6.07, 6.45) is 1.23. The summed E-state index contributed by atoms with van der Waals surface area (Å²) in [5, 5.41) is 0.287. The Balaban J connectivity index is 1.55. The molecule has 1 aromatic heterocycles. The summed E-state index contributed by atoms with van der Waals surface area (Å²) < 4.78 is 29.6. The molecule has 0 aliphatic rings. The minimum absolute atomic E-state index is 0.0123. The maximum atomic E-state index is 13.0. The van der Waals surface area contributed by atoms with Gasteiger partial charge in [-0.05, 0) is 59.5 Å². The van der Waals surface area contributed by atoms with Crippen molar-refractivity contribution in [2.24, 2.45) is 0 Å². The average Bonchev–Trinajstić information content (AvgIpc) is 2.76. The van der Waals surface area contributed by atoms with E-state index >= 15 is 0 Å². The Morgan fingerprint density at radius 3 is 2.22 bits per heavy atom. The van der Waals surface area contributed by atoms with Crippen LogP contribution in [-0.4, -0.2) is 5.97 Å². The summed E-state index contributed by atoms with van der Waals surface area (Å²) in [6, 6.07) is 17.0. The third-order valence-corrected chi connectivity index (χ3v) is 4.95. The largest absolute Gasteiger partial charge is 0.460 e. The zero-order valence-electron chi connectivity index (χ0n) is 17.8. The molecule has 0 spiro atoms. The first kappa shape index (κ1) is 21.3. The summed E-state index contributed by atoms with van der Waals surface area (Å²) in [5.41, 5.74) is 1.27. The van der Waals surface area contributed by atoms with E-state index in [2.05, 4.69) is 20.8 Å². The van der Waals surface area contributed by atoms with Gasteiger partial charge in [0.2, 0.25) is 11.2 Å². The second kappa shape index (κ2) is 8.30. The van der Waals surface area contributed by atoms with E-state index in [9.17, 15) is 14.0 Å². The molecule has 0 radical (unpaired) electrons. The average molecular weight is 432 g/mol. The highest BCUT2D eigenvalue weighted by molar-refractivity contribution is 5.91. The smallest absolute Gasteiger partial charge is 0.343 e. The monoisotopic (exact) mass is 432 g/mol. The van der Waals surface area contributed by atoms with E-state index in [0.717, 1.165) is 5.56 Å². The lowest BCUT2D eigenvalue weighted by molar-refractivity contribution is 0.0735. The summed E-state index contributed by atoms with van der Waals surface area (Å²) >= 11 is 0. The second-order valence-electron chi connectivity index (χ2n) is 8.36. The topological polar surface area (TPSA) is 65.7 Å². The summed E-state index contributed by atoms with van der Waals surface area (Å²) in [7, 11) is 0. The number of carbonyl (C=O) groups excluding carboxylic acids is 1. The molecule has 3 aromatic carbocycles. The lowest BCUT2D eigenvalue weighted by Crippen LogP contribution is -2.10. The van der Waals surface area contributed by atoms with Gasteiger partial charge < -0.3 is 13.9 Å². The number of halogens is 1. The minimum Gasteiger partial charge on any atom is -0.460 e. The van der Waals surface area contributed by atoms with Crippen LogP contribution in [0, 0.1) is 5.82 Å². The molecule has 0 fully saturated rings. The molecule has 0 N–H and O–H groups in total. The number of hydrogen-bond donors (Lipinski definition) is 0. The molecule has 32 heavy (non-hydrogen) atoms. The van der Waals surface area contributed by atoms with Crippen molar-refractivity contribution in [1.29, 1.82) is 0 Å². The number of benzene rings is 3. The fourth-order valence-corrected chi connectivity index (χ4v) is 3.13. The van der Waals surface area contributed by atoms with Crippen LogP contribution < -0.4 is 14.9 Å². The summed E-state index contributed by atoms with van der Waals surface area (Å²) in [5.74, 6) is -0.324. The SMILES string of the molecule is CC(C)(C)c1ccc(Oc2coc3cc(OC(=O)c4ccc(F)cc4)ccc3c2=O)cc1. The quantitative estimate of drug-likeness (QED) is 0.282. The first-order valence-corrected chi connectivity index (χ1v) is 10.0. The van der Waals surface area contributed by atoms with Gasteiger partial charge in [-0.2, -0.15) is 0 Å². The molecular weight excluding hydrogens is 411 g/mol. The van der Waals surface area contributed by atoms with Crippen LogP contribution in [0.25, 0.3) is 11.0 Å². The number of rotatable bonds is 4. The van der Waals surface area contributed by atoms with Crippen molar-refractivity contribution in [1.82, 2.24) is 0 Å². The molecule has 0 bridgehead atoms. The Labute approximate surface area is 184 Å². The van der Waals surface area contributed by atoms with E-state index in [1.165, 1.54) is 48.7 Å². The number of hydrogen-bond acceptors (Lipinski definition) is 5. The van der Waals surface area contributed by atoms with Crippen LogP contribution in [0.15, 0.2) is 82.2 Å². The maximum Gasteiger partial charge on any atom is 0.343 e. The first-order chi connectivity index (χ1) is 15.2. The van der Waals surface area contributed by atoms with Gasteiger partial charge in [-0.25, -0.2) is 9.18 Å². The normalized spacial score (nSPS) is 11.4. The molecule has 0 saturated carbocycles. The molecule has 0 unspecified atom stereocenters. The molecule has 0 atom stereocenters. The molecule has 1 heterocycles. The van der Waals surface area contributed by atoms with Crippen molar-refractivity contribution in [3.8, 4) is 17.2 Å². The highest BCUT2D eigenvalue weighted by atomic mass is 19.1. The van der Waals surface area contributed by atoms with Gasteiger partial charge in [-0.15, -0.1) is 0 Å². The lowest BCUT2D eigenvalue weighted by atomic mass is 9.87. The Morgan fingerprint density at radius 1 is 0.906 bits per heavy atom. The molecule has 0 amide bonds. The predicted octanol–water partition coefficient (Wildman–Crippen LogP) is 6.24. The molecule has 4 aromatic rings. The number of ether oxygens (including phenoxy) is 2. The minimum atomic E-state index is -0.648. The van der Waals surface area contributed by atoms with Gasteiger partial charge >= 0.3 is 5.97 Å². The highest BCUT2D eigenvalue weighted by Crippen LogP contribution is 2.27. The van der Waals surface area contributed by atoms with Crippen LogP contribution in [0.1, 0.15) is 36.7 Å². The van der Waals surface area contributed by atoms with Crippen molar-refractivity contribution in [2.75, 3.05) is 0 Å². The van der Waals surface area contributed by atoms with Gasteiger partial charge in [-0.3, -0.25) is 4.79 Å². The molecule has 6 heteroatoms. The molecule has 0 aliphatic heterocycles. The van der Waals surface area contributed by atoms with E-state index < -0.39 is 11.8 Å². The third-order valence-electron chi connectivity index (χ3n) is 4.95. The Bertz CT molecular complexity index is 1330. The first-order valence-electron chi connectivity index (χ1n) is 10.0. The zero-order valence-corrected chi connectivity index (χ0v) is 17.8. The van der Waals surface area contributed by atoms with Crippen LogP contribution in [0.3, 0.4) is 0 Å². The fourth-order valence-electron chi connectivity index (χ4n) is 3.13. The maximum absolute atomic E-state index is 13.0. The van der Waals surface area contributed by atoms with E-state index in [1.807, 2.05) is 24.3 Å². The van der Waals surface area contributed by atoms with Crippen molar-refractivity contribution in [3.05, 3.63) is 100 Å². The van der Waals surface area contributed by atoms with Crippen LogP contribution in [0.5, 0.6) is 17.2 Å². The van der Waals surface area contributed by atoms with Crippen LogP contribution >= 0.6 is 0 Å². The number of esters is 1. The van der Waals surface area contributed by atoms with E-state index in [4.69, 9.17) is 13.9 Å². The van der Waals surface area contributed by atoms with Crippen LogP contribution in [0.4, 0.5) is 4.39 Å².